The van der Waals surface area contributed by atoms with Crippen LogP contribution in [0.5, 0.6) is 5.88 Å². The second-order valence-corrected chi connectivity index (χ2v) is 9.15. The van der Waals surface area contributed by atoms with Gasteiger partial charge in [-0.1, -0.05) is 12.5 Å². The Balaban J connectivity index is 1.65. The van der Waals surface area contributed by atoms with E-state index in [-0.39, 0.29) is 29.4 Å². The molecule has 0 spiro atoms. The summed E-state index contributed by atoms with van der Waals surface area (Å²) in [5.74, 6) is 0.251. The fraction of sp³-hybridized carbons (Fsp3) is 0.500. The van der Waals surface area contributed by atoms with E-state index in [1.807, 2.05) is 13.8 Å². The number of H-pyrrole nitrogens is 1. The van der Waals surface area contributed by atoms with E-state index in [2.05, 4.69) is 20.5 Å². The number of sulfone groups is 1. The number of aromatic nitrogens is 3. The summed E-state index contributed by atoms with van der Waals surface area (Å²) in [5.41, 5.74) is 0. The number of amides is 1. The smallest absolute Gasteiger partial charge is 0.234 e. The van der Waals surface area contributed by atoms with Crippen LogP contribution in [0.25, 0.3) is 0 Å². The lowest BCUT2D eigenvalue weighted by Gasteiger charge is -2.27. The van der Waals surface area contributed by atoms with Gasteiger partial charge in [0.1, 0.15) is 5.82 Å². The number of ether oxygens (including phenoxy) is 1. The van der Waals surface area contributed by atoms with E-state index in [0.29, 0.717) is 31.0 Å². The van der Waals surface area contributed by atoms with Crippen LogP contribution in [-0.4, -0.2) is 40.9 Å². The molecule has 2 atom stereocenters. The van der Waals surface area contributed by atoms with Gasteiger partial charge in [-0.05, 0) is 45.2 Å². The number of aromatic amines is 1. The average molecular weight is 392 g/mol. The summed E-state index contributed by atoms with van der Waals surface area (Å²) in [6.07, 6.45) is 3.61. The summed E-state index contributed by atoms with van der Waals surface area (Å²) in [5, 5.41) is 8.94. The average Bonchev–Trinajstić information content (AvgIpc) is 3.08. The van der Waals surface area contributed by atoms with Crippen LogP contribution >= 0.6 is 0 Å². The number of nitrogens with one attached hydrogen (secondary N) is 2. The Morgan fingerprint density at radius 3 is 2.85 bits per heavy atom. The molecule has 2 N–H and O–H groups in total. The molecule has 1 saturated carbocycles. The van der Waals surface area contributed by atoms with Crippen molar-refractivity contribution >= 4 is 21.6 Å². The van der Waals surface area contributed by atoms with Gasteiger partial charge in [0, 0.05) is 18.2 Å². The molecule has 0 bridgehead atoms. The quantitative estimate of drug-likeness (QED) is 0.781. The summed E-state index contributed by atoms with van der Waals surface area (Å²) in [6.45, 7) is 3.77. The number of carbonyl (C=O) groups excluding carboxylic acids is 1. The third kappa shape index (κ3) is 4.65. The summed E-state index contributed by atoms with van der Waals surface area (Å²) in [4.78, 5) is 16.6. The number of hydrogen-bond acceptors (Lipinski definition) is 6. The Morgan fingerprint density at radius 1 is 1.33 bits per heavy atom. The molecule has 27 heavy (non-hydrogen) atoms. The molecule has 1 aliphatic rings. The Kier molecular flexibility index (Phi) is 5.79. The third-order valence-corrected chi connectivity index (χ3v) is 6.66. The number of hydrogen-bond donors (Lipinski definition) is 2. The summed E-state index contributed by atoms with van der Waals surface area (Å²) in [7, 11) is -3.54. The maximum Gasteiger partial charge on any atom is 0.234 e. The van der Waals surface area contributed by atoms with Crippen LogP contribution in [0.2, 0.25) is 0 Å². The van der Waals surface area contributed by atoms with Gasteiger partial charge in [0.05, 0.1) is 11.4 Å². The SMILES string of the molecule is CC(C)Oc1cc(NC(=O)[C@@H]2CCC[C@@H](S(=O)(=O)c3ccccn3)C2)[nH]n1. The molecule has 8 nitrogen and oxygen atoms in total. The molecule has 2 heterocycles. The second kappa shape index (κ2) is 8.08. The van der Waals surface area contributed by atoms with Gasteiger partial charge < -0.3 is 10.1 Å². The van der Waals surface area contributed by atoms with Crippen molar-refractivity contribution in [1.29, 1.82) is 0 Å². The van der Waals surface area contributed by atoms with Gasteiger partial charge in [0.15, 0.2) is 14.9 Å². The molecule has 3 rings (SSSR count). The Labute approximate surface area is 158 Å². The predicted octanol–water partition coefficient (Wildman–Crippen LogP) is 2.56. The van der Waals surface area contributed by atoms with Crippen molar-refractivity contribution < 1.29 is 17.9 Å². The van der Waals surface area contributed by atoms with Crippen LogP contribution in [0.4, 0.5) is 5.82 Å². The Hall–Kier alpha value is -2.42. The minimum absolute atomic E-state index is 0.0206. The highest BCUT2D eigenvalue weighted by atomic mass is 32.2. The first-order chi connectivity index (χ1) is 12.9. The number of nitrogens with zero attached hydrogens (tertiary/aromatic N) is 2. The predicted molar refractivity (Wildman–Crippen MR) is 100 cm³/mol. The number of anilines is 1. The van der Waals surface area contributed by atoms with Gasteiger partial charge in [-0.3, -0.25) is 9.89 Å². The van der Waals surface area contributed by atoms with Crippen molar-refractivity contribution in [3.8, 4) is 5.88 Å². The molecule has 2 aromatic heterocycles. The van der Waals surface area contributed by atoms with Gasteiger partial charge >= 0.3 is 0 Å². The van der Waals surface area contributed by atoms with Crippen molar-refractivity contribution in [2.45, 2.75) is 55.9 Å². The summed E-state index contributed by atoms with van der Waals surface area (Å²) >= 11 is 0. The van der Waals surface area contributed by atoms with Crippen molar-refractivity contribution in [2.75, 3.05) is 5.32 Å². The minimum atomic E-state index is -3.54. The first kappa shape index (κ1) is 19.3. The first-order valence-corrected chi connectivity index (χ1v) is 10.6. The van der Waals surface area contributed by atoms with Crippen molar-refractivity contribution in [3.05, 3.63) is 30.5 Å². The zero-order valence-corrected chi connectivity index (χ0v) is 16.2. The number of rotatable bonds is 6. The first-order valence-electron chi connectivity index (χ1n) is 9.04. The van der Waals surface area contributed by atoms with Crippen LogP contribution in [0.3, 0.4) is 0 Å². The van der Waals surface area contributed by atoms with E-state index >= 15 is 0 Å². The molecule has 1 amide bonds. The summed E-state index contributed by atoms with van der Waals surface area (Å²) in [6, 6.07) is 6.45. The highest BCUT2D eigenvalue weighted by molar-refractivity contribution is 7.92. The van der Waals surface area contributed by atoms with E-state index in [4.69, 9.17) is 4.74 Å². The molecule has 0 saturated heterocycles. The molecule has 0 radical (unpaired) electrons. The van der Waals surface area contributed by atoms with Crippen molar-refractivity contribution in [3.63, 3.8) is 0 Å². The van der Waals surface area contributed by atoms with E-state index in [0.717, 1.165) is 0 Å². The molecular formula is C18H24N4O4S. The van der Waals surface area contributed by atoms with Crippen LogP contribution in [0.15, 0.2) is 35.5 Å². The standard InChI is InChI=1S/C18H24N4O4S/c1-12(2)26-16-11-15(21-22-16)20-18(23)13-6-5-7-14(10-13)27(24,25)17-8-3-4-9-19-17/h3-4,8-9,11-14H,5-7,10H2,1-2H3,(H2,20,21,22,23)/t13-,14-/m1/s1. The van der Waals surface area contributed by atoms with E-state index in [1.165, 1.54) is 12.3 Å². The Morgan fingerprint density at radius 2 is 2.15 bits per heavy atom. The molecule has 0 aliphatic heterocycles. The number of carbonyl (C=O) groups is 1. The number of pyridine rings is 1. The molecule has 1 fully saturated rings. The van der Waals surface area contributed by atoms with Crippen molar-refractivity contribution in [1.82, 2.24) is 15.2 Å². The molecule has 0 aromatic carbocycles. The topological polar surface area (TPSA) is 114 Å². The fourth-order valence-electron chi connectivity index (χ4n) is 3.26. The van der Waals surface area contributed by atoms with E-state index in [9.17, 15) is 13.2 Å². The maximum atomic E-state index is 12.8. The maximum absolute atomic E-state index is 12.8. The normalized spacial score (nSPS) is 20.4. The van der Waals surface area contributed by atoms with Crippen LogP contribution in [0, 0.1) is 5.92 Å². The lowest BCUT2D eigenvalue weighted by molar-refractivity contribution is -0.120. The second-order valence-electron chi connectivity index (χ2n) is 6.97. The van der Waals surface area contributed by atoms with Gasteiger partial charge in [-0.2, -0.15) is 0 Å². The molecule has 2 aromatic rings. The van der Waals surface area contributed by atoms with E-state index < -0.39 is 15.1 Å². The van der Waals surface area contributed by atoms with Gasteiger partial charge in [0.2, 0.25) is 11.8 Å². The molecular weight excluding hydrogens is 368 g/mol. The van der Waals surface area contributed by atoms with Crippen LogP contribution in [0.1, 0.15) is 39.5 Å². The zero-order valence-electron chi connectivity index (χ0n) is 15.4. The molecule has 9 heteroatoms. The highest BCUT2D eigenvalue weighted by Gasteiger charge is 2.36. The fourth-order valence-corrected chi connectivity index (χ4v) is 5.04. The van der Waals surface area contributed by atoms with Gasteiger partial charge in [0.25, 0.3) is 0 Å². The minimum Gasteiger partial charge on any atom is -0.474 e. The third-order valence-electron chi connectivity index (χ3n) is 4.53. The molecule has 146 valence electrons. The van der Waals surface area contributed by atoms with E-state index in [1.54, 1.807) is 18.2 Å². The van der Waals surface area contributed by atoms with Gasteiger partial charge in [-0.25, -0.2) is 13.4 Å². The largest absolute Gasteiger partial charge is 0.474 e. The Bertz CT molecular complexity index is 880. The monoisotopic (exact) mass is 392 g/mol. The van der Waals surface area contributed by atoms with Gasteiger partial charge in [-0.15, -0.1) is 5.10 Å². The lowest BCUT2D eigenvalue weighted by Crippen LogP contribution is -2.34. The molecule has 0 unspecified atom stereocenters. The molecule has 1 aliphatic carbocycles. The van der Waals surface area contributed by atoms with Crippen molar-refractivity contribution in [2.24, 2.45) is 5.92 Å². The zero-order chi connectivity index (χ0) is 19.4. The lowest BCUT2D eigenvalue weighted by atomic mass is 9.88. The van der Waals surface area contributed by atoms with Crippen LogP contribution in [-0.2, 0) is 14.6 Å². The highest BCUT2D eigenvalue weighted by Crippen LogP contribution is 2.32. The summed E-state index contributed by atoms with van der Waals surface area (Å²) < 4.78 is 31.0. The van der Waals surface area contributed by atoms with Crippen LogP contribution < -0.4 is 10.1 Å².